The predicted molar refractivity (Wildman–Crippen MR) is 72.1 cm³/mol. The summed E-state index contributed by atoms with van der Waals surface area (Å²) >= 11 is 5.36. The van der Waals surface area contributed by atoms with E-state index in [-0.39, 0.29) is 5.41 Å². The first kappa shape index (κ1) is 12.9. The van der Waals surface area contributed by atoms with Gasteiger partial charge in [-0.1, -0.05) is 29.8 Å². The van der Waals surface area contributed by atoms with Crippen LogP contribution in [0, 0.1) is 0 Å². The number of rotatable bonds is 4. The van der Waals surface area contributed by atoms with Crippen LogP contribution in [0.5, 0.6) is 5.75 Å². The minimum absolute atomic E-state index is 0.133. The number of methoxy groups -OCH3 is 1. The highest BCUT2D eigenvalue weighted by atomic mass is 79.9. The molecule has 0 aliphatic carbocycles. The molecular weight excluding hydrogens is 272 g/mol. The van der Waals surface area contributed by atoms with Crippen molar-refractivity contribution in [2.45, 2.75) is 19.3 Å². The molecule has 1 nitrogen and oxygen atoms in total. The Morgan fingerprint density at radius 3 is 2.60 bits per heavy atom. The van der Waals surface area contributed by atoms with E-state index in [2.05, 4.69) is 42.1 Å². The van der Waals surface area contributed by atoms with Gasteiger partial charge in [0, 0.05) is 21.2 Å². The van der Waals surface area contributed by atoms with Gasteiger partial charge in [-0.05, 0) is 24.5 Å². The van der Waals surface area contributed by atoms with E-state index >= 15 is 0 Å². The Hall–Kier alpha value is -0.150. The maximum atomic E-state index is 5.40. The van der Waals surface area contributed by atoms with E-state index in [0.717, 1.165) is 16.0 Å². The van der Waals surface area contributed by atoms with Gasteiger partial charge in [-0.2, -0.15) is 11.8 Å². The molecule has 0 saturated carbocycles. The Labute approximate surface area is 105 Å². The van der Waals surface area contributed by atoms with Gasteiger partial charge in [0.05, 0.1) is 7.11 Å². The lowest BCUT2D eigenvalue weighted by Crippen LogP contribution is -2.21. The highest BCUT2D eigenvalue weighted by molar-refractivity contribution is 9.10. The first-order valence-electron chi connectivity index (χ1n) is 4.84. The van der Waals surface area contributed by atoms with Crippen molar-refractivity contribution in [3.8, 4) is 5.75 Å². The van der Waals surface area contributed by atoms with Crippen molar-refractivity contribution >= 4 is 27.7 Å². The molecule has 0 atom stereocenters. The zero-order valence-electron chi connectivity index (χ0n) is 9.63. The van der Waals surface area contributed by atoms with E-state index in [1.54, 1.807) is 7.11 Å². The molecule has 15 heavy (non-hydrogen) atoms. The number of thioether (sulfide) groups is 1. The zero-order chi connectivity index (χ0) is 11.5. The highest BCUT2D eigenvalue weighted by Crippen LogP contribution is 2.35. The fraction of sp³-hybridized carbons (Fsp3) is 0.500. The molecule has 0 fully saturated rings. The number of halogens is 1. The van der Waals surface area contributed by atoms with E-state index in [9.17, 15) is 0 Å². The highest BCUT2D eigenvalue weighted by Gasteiger charge is 2.24. The summed E-state index contributed by atoms with van der Waals surface area (Å²) in [4.78, 5) is 0. The number of ether oxygens (including phenoxy) is 1. The minimum Gasteiger partial charge on any atom is -0.496 e. The van der Waals surface area contributed by atoms with E-state index < -0.39 is 0 Å². The van der Waals surface area contributed by atoms with Crippen LogP contribution < -0.4 is 4.74 Å². The van der Waals surface area contributed by atoms with Gasteiger partial charge in [0.1, 0.15) is 5.75 Å². The van der Waals surface area contributed by atoms with Crippen LogP contribution in [0.15, 0.2) is 22.7 Å². The van der Waals surface area contributed by atoms with E-state index in [0.29, 0.717) is 0 Å². The summed E-state index contributed by atoms with van der Waals surface area (Å²) in [5, 5.41) is 0. The second-order valence-corrected chi connectivity index (χ2v) is 5.94. The number of hydrogen-bond acceptors (Lipinski definition) is 2. The fourth-order valence-corrected chi connectivity index (χ4v) is 2.89. The topological polar surface area (TPSA) is 9.23 Å². The summed E-state index contributed by atoms with van der Waals surface area (Å²) in [6, 6.07) is 6.17. The Morgan fingerprint density at radius 1 is 1.40 bits per heavy atom. The lowest BCUT2D eigenvalue weighted by atomic mass is 9.86. The Morgan fingerprint density at radius 2 is 2.07 bits per heavy atom. The van der Waals surface area contributed by atoms with Crippen molar-refractivity contribution in [1.29, 1.82) is 0 Å². The average molecular weight is 289 g/mol. The van der Waals surface area contributed by atoms with Crippen LogP contribution in [0.4, 0.5) is 0 Å². The Kier molecular flexibility index (Phi) is 4.53. The van der Waals surface area contributed by atoms with Gasteiger partial charge in [0.15, 0.2) is 0 Å². The lowest BCUT2D eigenvalue weighted by Gasteiger charge is -2.26. The Bertz CT molecular complexity index is 336. The summed E-state index contributed by atoms with van der Waals surface area (Å²) in [6.07, 6.45) is 2.13. The zero-order valence-corrected chi connectivity index (χ0v) is 12.0. The second kappa shape index (κ2) is 5.26. The quantitative estimate of drug-likeness (QED) is 0.825. The van der Waals surface area contributed by atoms with Gasteiger partial charge in [-0.25, -0.2) is 0 Å². The van der Waals surface area contributed by atoms with Crippen molar-refractivity contribution in [2.24, 2.45) is 0 Å². The predicted octanol–water partition coefficient (Wildman–Crippen LogP) is 4.10. The maximum absolute atomic E-state index is 5.40. The number of benzene rings is 1. The van der Waals surface area contributed by atoms with Crippen LogP contribution in [0.2, 0.25) is 0 Å². The van der Waals surface area contributed by atoms with Crippen molar-refractivity contribution in [3.63, 3.8) is 0 Å². The molecular formula is C12H17BrOS. The maximum Gasteiger partial charge on any atom is 0.122 e. The smallest absolute Gasteiger partial charge is 0.122 e. The van der Waals surface area contributed by atoms with Crippen molar-refractivity contribution in [3.05, 3.63) is 28.2 Å². The normalized spacial score (nSPS) is 11.5. The molecule has 0 spiro atoms. The molecule has 0 unspecified atom stereocenters. The van der Waals surface area contributed by atoms with Crippen LogP contribution in [0.1, 0.15) is 19.4 Å². The van der Waals surface area contributed by atoms with Crippen LogP contribution in [-0.2, 0) is 5.41 Å². The van der Waals surface area contributed by atoms with E-state index in [4.69, 9.17) is 4.74 Å². The molecule has 84 valence electrons. The minimum atomic E-state index is 0.133. The van der Waals surface area contributed by atoms with Crippen molar-refractivity contribution in [2.75, 3.05) is 19.1 Å². The molecule has 0 saturated heterocycles. The molecule has 0 radical (unpaired) electrons. The molecule has 0 bridgehead atoms. The Balaban J connectivity index is 3.15. The summed E-state index contributed by atoms with van der Waals surface area (Å²) in [6.45, 7) is 4.49. The third-order valence-corrected chi connectivity index (χ3v) is 3.90. The largest absolute Gasteiger partial charge is 0.496 e. The summed E-state index contributed by atoms with van der Waals surface area (Å²) in [5.41, 5.74) is 1.39. The first-order valence-corrected chi connectivity index (χ1v) is 7.03. The van der Waals surface area contributed by atoms with Gasteiger partial charge in [-0.15, -0.1) is 0 Å². The van der Waals surface area contributed by atoms with E-state index in [1.165, 1.54) is 5.56 Å². The molecule has 1 rings (SSSR count). The van der Waals surface area contributed by atoms with Crippen molar-refractivity contribution < 1.29 is 4.74 Å². The standard InChI is InChI=1S/C12H17BrOS/c1-12(2,8-15-4)10-7-9(13)5-6-11(10)14-3/h5-7H,8H2,1-4H3. The van der Waals surface area contributed by atoms with Crippen LogP contribution in [-0.4, -0.2) is 19.1 Å². The molecule has 0 amide bonds. The summed E-state index contributed by atoms with van der Waals surface area (Å²) in [7, 11) is 1.72. The van der Waals surface area contributed by atoms with Gasteiger partial charge in [-0.3, -0.25) is 0 Å². The van der Waals surface area contributed by atoms with Gasteiger partial charge < -0.3 is 4.74 Å². The van der Waals surface area contributed by atoms with Crippen LogP contribution in [0.25, 0.3) is 0 Å². The van der Waals surface area contributed by atoms with Crippen LogP contribution >= 0.6 is 27.7 Å². The summed E-state index contributed by atoms with van der Waals surface area (Å²) < 4.78 is 6.51. The third kappa shape index (κ3) is 3.15. The molecule has 0 aliphatic heterocycles. The van der Waals surface area contributed by atoms with Gasteiger partial charge in [0.25, 0.3) is 0 Å². The SMILES string of the molecule is COc1ccc(Br)cc1C(C)(C)CSC. The monoisotopic (exact) mass is 288 g/mol. The third-order valence-electron chi connectivity index (χ3n) is 2.40. The number of hydrogen-bond donors (Lipinski definition) is 0. The molecule has 1 aromatic rings. The van der Waals surface area contributed by atoms with Gasteiger partial charge >= 0.3 is 0 Å². The fourth-order valence-electron chi connectivity index (χ4n) is 1.65. The molecule has 0 aliphatic rings. The van der Waals surface area contributed by atoms with Crippen molar-refractivity contribution in [1.82, 2.24) is 0 Å². The van der Waals surface area contributed by atoms with Crippen LogP contribution in [0.3, 0.4) is 0 Å². The molecule has 3 heteroatoms. The molecule has 0 heterocycles. The molecule has 1 aromatic carbocycles. The van der Waals surface area contributed by atoms with E-state index in [1.807, 2.05) is 23.9 Å². The molecule has 0 aromatic heterocycles. The molecule has 0 N–H and O–H groups in total. The first-order chi connectivity index (χ1) is 7.01. The van der Waals surface area contributed by atoms with Gasteiger partial charge in [0.2, 0.25) is 0 Å². The average Bonchev–Trinajstić information content (AvgIpc) is 2.17. The lowest BCUT2D eigenvalue weighted by molar-refractivity contribution is 0.398. The second-order valence-electron chi connectivity index (χ2n) is 4.16. The summed E-state index contributed by atoms with van der Waals surface area (Å²) in [5.74, 6) is 2.05.